The fourth-order valence-corrected chi connectivity index (χ4v) is 2.88. The quantitative estimate of drug-likeness (QED) is 0.112. The molecule has 3 aromatic carbocycles. The fourth-order valence-electron chi connectivity index (χ4n) is 2.52. The van der Waals surface area contributed by atoms with Gasteiger partial charge in [-0.15, -0.1) is 4.33 Å². The summed E-state index contributed by atoms with van der Waals surface area (Å²) in [6.07, 6.45) is 0. The van der Waals surface area contributed by atoms with Gasteiger partial charge in [-0.25, -0.2) is 5.26 Å². The number of ether oxygens (including phenoxy) is 1. The van der Waals surface area contributed by atoms with E-state index >= 15 is 0 Å². The lowest BCUT2D eigenvalue weighted by Crippen LogP contribution is -2.13. The van der Waals surface area contributed by atoms with Crippen molar-refractivity contribution < 1.29 is 29.3 Å². The van der Waals surface area contributed by atoms with Crippen molar-refractivity contribution in [3.63, 3.8) is 0 Å². The molecule has 0 heterocycles. The first-order valence-electron chi connectivity index (χ1n) is 9.30. The minimum atomic E-state index is -0.332. The maximum Gasteiger partial charge on any atom is 0.255 e. The molecule has 11 heteroatoms. The van der Waals surface area contributed by atoms with Gasteiger partial charge < -0.3 is 20.9 Å². The van der Waals surface area contributed by atoms with Crippen LogP contribution in [0.2, 0.25) is 0 Å². The number of nitrogens with two attached hydrogens (primary N) is 1. The van der Waals surface area contributed by atoms with Crippen LogP contribution in [0.15, 0.2) is 81.9 Å². The Labute approximate surface area is 187 Å². The largest absolute Gasteiger partial charge is 0.489 e. The van der Waals surface area contributed by atoms with Gasteiger partial charge >= 0.3 is 0 Å². The number of nitrogen functional groups attached to an aromatic ring is 1. The first-order chi connectivity index (χ1) is 15.6. The molecule has 0 aromatic heterocycles. The second-order valence-electron chi connectivity index (χ2n) is 6.25. The van der Waals surface area contributed by atoms with Crippen LogP contribution in [-0.2, 0) is 9.37 Å². The first-order valence-corrected chi connectivity index (χ1v) is 10.0. The van der Waals surface area contributed by atoms with Crippen LogP contribution < -0.4 is 15.8 Å². The van der Waals surface area contributed by atoms with Crippen molar-refractivity contribution in [1.29, 1.82) is 0 Å². The Morgan fingerprint density at radius 2 is 1.69 bits per heavy atom. The molecular weight excluding hydrogens is 436 g/mol. The minimum Gasteiger partial charge on any atom is -0.489 e. The van der Waals surface area contributed by atoms with Gasteiger partial charge in [0.15, 0.2) is 0 Å². The summed E-state index contributed by atoms with van der Waals surface area (Å²) in [5, 5.41) is 31.9. The summed E-state index contributed by atoms with van der Waals surface area (Å²) in [5.41, 5.74) is 8.14. The molecule has 0 aliphatic rings. The molecule has 0 unspecified atom stereocenters. The lowest BCUT2D eigenvalue weighted by molar-refractivity contribution is -0.432. The molecule has 0 spiro atoms. The van der Waals surface area contributed by atoms with Crippen LogP contribution in [0, 0.1) is 0 Å². The molecular formula is C21H20N4O6S. The predicted molar refractivity (Wildman–Crippen MR) is 119 cm³/mol. The second kappa shape index (κ2) is 11.8. The van der Waals surface area contributed by atoms with Crippen LogP contribution >= 0.6 is 12.0 Å². The van der Waals surface area contributed by atoms with E-state index in [0.29, 0.717) is 39.0 Å². The van der Waals surface area contributed by atoms with E-state index in [1.165, 1.54) is 0 Å². The summed E-state index contributed by atoms with van der Waals surface area (Å²) < 4.78 is 9.91. The number of nitrogens with one attached hydrogen (secondary N) is 1. The molecule has 10 nitrogen and oxygen atoms in total. The van der Waals surface area contributed by atoms with E-state index in [0.717, 1.165) is 12.0 Å². The third kappa shape index (κ3) is 6.77. The van der Waals surface area contributed by atoms with Gasteiger partial charge in [0, 0.05) is 22.2 Å². The van der Waals surface area contributed by atoms with Gasteiger partial charge in [0.2, 0.25) is 0 Å². The van der Waals surface area contributed by atoms with Crippen molar-refractivity contribution in [3.8, 4) is 5.75 Å². The highest BCUT2D eigenvalue weighted by molar-refractivity contribution is 7.94. The molecule has 3 rings (SSSR count). The van der Waals surface area contributed by atoms with Gasteiger partial charge in [-0.05, 0) is 60.7 Å². The van der Waals surface area contributed by atoms with Crippen LogP contribution in [0.25, 0.3) is 0 Å². The summed E-state index contributed by atoms with van der Waals surface area (Å²) in [7, 11) is 0. The van der Waals surface area contributed by atoms with E-state index in [1.807, 2.05) is 0 Å². The summed E-state index contributed by atoms with van der Waals surface area (Å²) in [5.74, 6) is 0.00829. The van der Waals surface area contributed by atoms with E-state index in [1.54, 1.807) is 66.7 Å². The van der Waals surface area contributed by atoms with Crippen molar-refractivity contribution in [3.05, 3.63) is 72.3 Å². The zero-order chi connectivity index (χ0) is 22.8. The van der Waals surface area contributed by atoms with Gasteiger partial charge in [-0.3, -0.25) is 4.79 Å². The predicted octanol–water partition coefficient (Wildman–Crippen LogP) is 4.74. The van der Waals surface area contributed by atoms with Crippen LogP contribution in [0.1, 0.15) is 10.4 Å². The van der Waals surface area contributed by atoms with Crippen LogP contribution in [0.3, 0.4) is 0 Å². The Bertz CT molecular complexity index is 1060. The van der Waals surface area contributed by atoms with Gasteiger partial charge in [-0.1, -0.05) is 5.04 Å². The van der Waals surface area contributed by atoms with Gasteiger partial charge in [0.1, 0.15) is 12.4 Å². The minimum absolute atomic E-state index is 0.0457. The molecule has 32 heavy (non-hydrogen) atoms. The standard InChI is InChI=1S/C21H20N4O6S/c22-15-3-1-14(2-4-15)21(27)23-19-10-7-17(13-20(19)29-12-11-26)25-24-16-5-8-18(9-6-16)32-31-30-28/h1-10,13,26,28H,11-12,22H2,(H,23,27). The molecule has 5 N–H and O–H groups in total. The fraction of sp³-hybridized carbons (Fsp3) is 0.0952. The topological polar surface area (TPSA) is 148 Å². The Kier molecular flexibility index (Phi) is 8.54. The number of benzene rings is 3. The molecule has 0 atom stereocenters. The Hall–Kier alpha value is -3.48. The van der Waals surface area contributed by atoms with Crippen molar-refractivity contribution in [2.45, 2.75) is 4.90 Å². The summed E-state index contributed by atoms with van der Waals surface area (Å²) >= 11 is 0.836. The lowest BCUT2D eigenvalue weighted by Gasteiger charge is -2.12. The van der Waals surface area contributed by atoms with Gasteiger partial charge in [-0.2, -0.15) is 10.2 Å². The maximum atomic E-state index is 12.5. The SMILES string of the molecule is Nc1ccc(C(=O)Nc2ccc(N=Nc3ccc(SOOO)cc3)cc2OCCO)cc1. The second-order valence-corrected chi connectivity index (χ2v) is 7.02. The number of azo groups is 1. The Morgan fingerprint density at radius 3 is 2.38 bits per heavy atom. The molecule has 3 aromatic rings. The average Bonchev–Trinajstić information content (AvgIpc) is 2.82. The van der Waals surface area contributed by atoms with Crippen LogP contribution in [0.5, 0.6) is 5.75 Å². The van der Waals surface area contributed by atoms with Crippen molar-refractivity contribution in [2.24, 2.45) is 10.2 Å². The molecule has 166 valence electrons. The number of rotatable bonds is 10. The Balaban J connectivity index is 1.74. The van der Waals surface area contributed by atoms with Crippen molar-refractivity contribution >= 4 is 40.7 Å². The monoisotopic (exact) mass is 456 g/mol. The summed E-state index contributed by atoms with van der Waals surface area (Å²) in [6, 6.07) is 18.3. The number of hydrogen-bond acceptors (Lipinski definition) is 10. The normalized spacial score (nSPS) is 10.9. The number of aliphatic hydroxyl groups is 1. The number of carbonyl (C=O) groups excluding carboxylic acids is 1. The number of carbonyl (C=O) groups is 1. The smallest absolute Gasteiger partial charge is 0.255 e. The molecule has 0 saturated heterocycles. The molecule has 0 radical (unpaired) electrons. The highest BCUT2D eigenvalue weighted by Gasteiger charge is 2.11. The zero-order valence-electron chi connectivity index (χ0n) is 16.7. The Morgan fingerprint density at radius 1 is 1.00 bits per heavy atom. The van der Waals surface area contributed by atoms with Crippen LogP contribution in [-0.4, -0.2) is 29.5 Å². The van der Waals surface area contributed by atoms with E-state index in [9.17, 15) is 4.79 Å². The van der Waals surface area contributed by atoms with E-state index in [2.05, 4.69) is 24.9 Å². The molecule has 0 aliphatic heterocycles. The zero-order valence-corrected chi connectivity index (χ0v) is 17.5. The maximum absolute atomic E-state index is 12.5. The van der Waals surface area contributed by atoms with Gasteiger partial charge in [0.05, 0.1) is 35.7 Å². The van der Waals surface area contributed by atoms with Crippen molar-refractivity contribution in [2.75, 3.05) is 24.3 Å². The summed E-state index contributed by atoms with van der Waals surface area (Å²) in [4.78, 5) is 13.2. The lowest BCUT2D eigenvalue weighted by atomic mass is 10.2. The highest BCUT2D eigenvalue weighted by atomic mass is 32.2. The van der Waals surface area contributed by atoms with E-state index in [4.69, 9.17) is 20.8 Å². The highest BCUT2D eigenvalue weighted by Crippen LogP contribution is 2.31. The molecule has 1 amide bonds. The summed E-state index contributed by atoms with van der Waals surface area (Å²) in [6.45, 7) is -0.142. The number of aliphatic hydroxyl groups excluding tert-OH is 1. The molecule has 0 aliphatic carbocycles. The number of nitrogens with zero attached hydrogens (tertiary/aromatic N) is 2. The third-order valence-corrected chi connectivity index (χ3v) is 4.61. The molecule has 0 saturated carbocycles. The van der Waals surface area contributed by atoms with Crippen LogP contribution in [0.4, 0.5) is 22.7 Å². The van der Waals surface area contributed by atoms with E-state index < -0.39 is 0 Å². The average molecular weight is 456 g/mol. The number of hydrogen-bond donors (Lipinski definition) is 4. The number of amides is 1. The van der Waals surface area contributed by atoms with E-state index in [-0.39, 0.29) is 19.1 Å². The first kappa shape index (κ1) is 23.2. The van der Waals surface area contributed by atoms with Crippen molar-refractivity contribution in [1.82, 2.24) is 0 Å². The molecule has 0 fully saturated rings. The number of anilines is 2. The third-order valence-electron chi connectivity index (χ3n) is 4.01. The van der Waals surface area contributed by atoms with Gasteiger partial charge in [0.25, 0.3) is 5.91 Å². The molecule has 0 bridgehead atoms.